The van der Waals surface area contributed by atoms with E-state index in [0.29, 0.717) is 11.6 Å². The van der Waals surface area contributed by atoms with E-state index in [0.717, 1.165) is 10.5 Å². The Kier molecular flexibility index (Phi) is 4.58. The van der Waals surface area contributed by atoms with Crippen molar-refractivity contribution in [2.45, 2.75) is 18.7 Å². The highest BCUT2D eigenvalue weighted by atomic mass is 32.2. The Morgan fingerprint density at radius 3 is 2.68 bits per heavy atom. The van der Waals surface area contributed by atoms with Crippen molar-refractivity contribution in [3.8, 4) is 0 Å². The van der Waals surface area contributed by atoms with Crippen LogP contribution < -0.4 is 5.32 Å². The van der Waals surface area contributed by atoms with E-state index in [1.165, 1.54) is 17.3 Å². The molecular weight excluding hydrogens is 256 g/mol. The monoisotopic (exact) mass is 272 g/mol. The predicted molar refractivity (Wildman–Crippen MR) is 79.5 cm³/mol. The lowest BCUT2D eigenvalue weighted by molar-refractivity contribution is -0.113. The minimum atomic E-state index is -0.0374. The second-order valence-corrected chi connectivity index (χ2v) is 5.34. The smallest absolute Gasteiger partial charge is 0.235 e. The maximum absolute atomic E-state index is 11.8. The molecule has 0 aliphatic heterocycles. The number of carbonyl (C=O) groups excluding carboxylic acids is 1. The first-order chi connectivity index (χ1) is 9.15. The number of hydrogen-bond acceptors (Lipinski definition) is 3. The third-order valence-electron chi connectivity index (χ3n) is 2.63. The number of hydrogen-bond donors (Lipinski definition) is 1. The van der Waals surface area contributed by atoms with E-state index in [1.54, 1.807) is 6.20 Å². The van der Waals surface area contributed by atoms with Crippen molar-refractivity contribution in [1.29, 1.82) is 0 Å². The van der Waals surface area contributed by atoms with Crippen molar-refractivity contribution < 1.29 is 4.79 Å². The van der Waals surface area contributed by atoms with Crippen LogP contribution in [0.25, 0.3) is 0 Å². The summed E-state index contributed by atoms with van der Waals surface area (Å²) in [6, 6.07) is 11.8. The van der Waals surface area contributed by atoms with Gasteiger partial charge in [-0.1, -0.05) is 24.3 Å². The summed E-state index contributed by atoms with van der Waals surface area (Å²) in [6.07, 6.45) is 1.74. The molecule has 19 heavy (non-hydrogen) atoms. The summed E-state index contributed by atoms with van der Waals surface area (Å²) >= 11 is 1.54. The Bertz CT molecular complexity index is 567. The van der Waals surface area contributed by atoms with Crippen LogP contribution in [0.3, 0.4) is 0 Å². The maximum atomic E-state index is 11.8. The van der Waals surface area contributed by atoms with Gasteiger partial charge in [0, 0.05) is 11.1 Å². The first kappa shape index (κ1) is 13.6. The van der Waals surface area contributed by atoms with Gasteiger partial charge in [0.2, 0.25) is 5.91 Å². The van der Waals surface area contributed by atoms with Gasteiger partial charge in [-0.15, -0.1) is 11.8 Å². The van der Waals surface area contributed by atoms with Crippen LogP contribution in [0.5, 0.6) is 0 Å². The quantitative estimate of drug-likeness (QED) is 0.867. The van der Waals surface area contributed by atoms with E-state index >= 15 is 0 Å². The molecule has 3 nitrogen and oxygen atoms in total. The topological polar surface area (TPSA) is 42.0 Å². The Morgan fingerprint density at radius 2 is 2.00 bits per heavy atom. The van der Waals surface area contributed by atoms with Crippen LogP contribution in [0.2, 0.25) is 0 Å². The summed E-state index contributed by atoms with van der Waals surface area (Å²) in [4.78, 5) is 17.1. The van der Waals surface area contributed by atoms with E-state index in [2.05, 4.69) is 10.3 Å². The van der Waals surface area contributed by atoms with Crippen molar-refractivity contribution in [2.24, 2.45) is 0 Å². The normalized spacial score (nSPS) is 10.2. The molecule has 0 spiro atoms. The van der Waals surface area contributed by atoms with Gasteiger partial charge in [0.1, 0.15) is 5.82 Å². The van der Waals surface area contributed by atoms with Crippen LogP contribution >= 0.6 is 11.8 Å². The Labute approximate surface area is 117 Å². The summed E-state index contributed by atoms with van der Waals surface area (Å²) in [5.41, 5.74) is 2.26. The molecule has 0 bridgehead atoms. The number of pyridine rings is 1. The highest BCUT2D eigenvalue weighted by Gasteiger charge is 2.05. The molecule has 0 saturated heterocycles. The molecule has 0 aliphatic rings. The lowest BCUT2D eigenvalue weighted by atomic mass is 10.2. The SMILES string of the molecule is Cc1ccc(NC(=O)CSc2ccccc2C)nc1. The zero-order valence-electron chi connectivity index (χ0n) is 11.0. The zero-order valence-corrected chi connectivity index (χ0v) is 11.8. The fourth-order valence-electron chi connectivity index (χ4n) is 1.58. The summed E-state index contributed by atoms with van der Waals surface area (Å²) in [5, 5.41) is 2.79. The van der Waals surface area contributed by atoms with Crippen molar-refractivity contribution in [3.05, 3.63) is 53.7 Å². The molecule has 2 rings (SSSR count). The standard InChI is InChI=1S/C15H16N2OS/c1-11-7-8-14(16-9-11)17-15(18)10-19-13-6-4-3-5-12(13)2/h3-9H,10H2,1-2H3,(H,16,17,18). The molecule has 1 aromatic heterocycles. The van der Waals surface area contributed by atoms with Crippen LogP contribution in [0.1, 0.15) is 11.1 Å². The maximum Gasteiger partial charge on any atom is 0.235 e. The largest absolute Gasteiger partial charge is 0.310 e. The zero-order chi connectivity index (χ0) is 13.7. The minimum absolute atomic E-state index is 0.0374. The molecule has 2 aromatic rings. The van der Waals surface area contributed by atoms with Crippen molar-refractivity contribution in [3.63, 3.8) is 0 Å². The van der Waals surface area contributed by atoms with Gasteiger partial charge in [-0.2, -0.15) is 0 Å². The summed E-state index contributed by atoms with van der Waals surface area (Å²) < 4.78 is 0. The van der Waals surface area contributed by atoms with Gasteiger partial charge < -0.3 is 5.32 Å². The van der Waals surface area contributed by atoms with Gasteiger partial charge >= 0.3 is 0 Å². The number of rotatable bonds is 4. The molecular formula is C15H16N2OS. The van der Waals surface area contributed by atoms with Gasteiger partial charge in [0.15, 0.2) is 0 Å². The fourth-order valence-corrected chi connectivity index (χ4v) is 2.41. The van der Waals surface area contributed by atoms with E-state index < -0.39 is 0 Å². The third-order valence-corrected chi connectivity index (χ3v) is 3.81. The van der Waals surface area contributed by atoms with E-state index in [9.17, 15) is 4.79 Å². The van der Waals surface area contributed by atoms with Crippen LogP contribution in [-0.4, -0.2) is 16.6 Å². The minimum Gasteiger partial charge on any atom is -0.310 e. The predicted octanol–water partition coefficient (Wildman–Crippen LogP) is 3.43. The molecule has 0 aliphatic carbocycles. The van der Waals surface area contributed by atoms with Crippen LogP contribution in [0.4, 0.5) is 5.82 Å². The number of benzene rings is 1. The molecule has 0 saturated carbocycles. The number of aromatic nitrogens is 1. The lowest BCUT2D eigenvalue weighted by Crippen LogP contribution is -2.14. The molecule has 1 amide bonds. The lowest BCUT2D eigenvalue weighted by Gasteiger charge is -2.06. The Balaban J connectivity index is 1.88. The highest BCUT2D eigenvalue weighted by molar-refractivity contribution is 8.00. The van der Waals surface area contributed by atoms with Crippen molar-refractivity contribution in [1.82, 2.24) is 4.98 Å². The molecule has 1 N–H and O–H groups in total. The number of nitrogens with zero attached hydrogens (tertiary/aromatic N) is 1. The van der Waals surface area contributed by atoms with E-state index in [1.807, 2.05) is 50.2 Å². The highest BCUT2D eigenvalue weighted by Crippen LogP contribution is 2.21. The van der Waals surface area contributed by atoms with Crippen molar-refractivity contribution >= 4 is 23.5 Å². The molecule has 98 valence electrons. The summed E-state index contributed by atoms with van der Waals surface area (Å²) in [5.74, 6) is 0.950. The third kappa shape index (κ3) is 4.10. The fraction of sp³-hybridized carbons (Fsp3) is 0.200. The van der Waals surface area contributed by atoms with Gasteiger partial charge in [-0.3, -0.25) is 4.79 Å². The first-order valence-electron chi connectivity index (χ1n) is 6.06. The average molecular weight is 272 g/mol. The molecule has 0 fully saturated rings. The molecule has 1 heterocycles. The van der Waals surface area contributed by atoms with E-state index in [-0.39, 0.29) is 5.91 Å². The average Bonchev–Trinajstić information content (AvgIpc) is 2.40. The first-order valence-corrected chi connectivity index (χ1v) is 7.04. The summed E-state index contributed by atoms with van der Waals surface area (Å²) in [7, 11) is 0. The molecule has 1 aromatic carbocycles. The Morgan fingerprint density at radius 1 is 1.21 bits per heavy atom. The van der Waals surface area contributed by atoms with Gasteiger partial charge in [-0.05, 0) is 37.1 Å². The van der Waals surface area contributed by atoms with Gasteiger partial charge in [0.25, 0.3) is 0 Å². The van der Waals surface area contributed by atoms with Gasteiger partial charge in [-0.25, -0.2) is 4.98 Å². The van der Waals surface area contributed by atoms with Crippen LogP contribution in [-0.2, 0) is 4.79 Å². The number of nitrogens with one attached hydrogen (secondary N) is 1. The number of amides is 1. The Hall–Kier alpha value is -1.81. The van der Waals surface area contributed by atoms with Crippen molar-refractivity contribution in [2.75, 3.05) is 11.1 Å². The molecule has 0 unspecified atom stereocenters. The molecule has 0 radical (unpaired) electrons. The molecule has 0 atom stereocenters. The number of carbonyl (C=O) groups is 1. The molecule has 4 heteroatoms. The van der Waals surface area contributed by atoms with Gasteiger partial charge in [0.05, 0.1) is 5.75 Å². The number of thioether (sulfide) groups is 1. The summed E-state index contributed by atoms with van der Waals surface area (Å²) in [6.45, 7) is 4.01. The van der Waals surface area contributed by atoms with E-state index in [4.69, 9.17) is 0 Å². The second-order valence-electron chi connectivity index (χ2n) is 4.32. The number of anilines is 1. The number of aryl methyl sites for hydroxylation is 2. The second kappa shape index (κ2) is 6.38. The van der Waals surface area contributed by atoms with Crippen LogP contribution in [0.15, 0.2) is 47.5 Å². The van der Waals surface area contributed by atoms with Crippen LogP contribution in [0, 0.1) is 13.8 Å².